The van der Waals surface area contributed by atoms with Gasteiger partial charge in [0.25, 0.3) is 5.91 Å². The lowest BCUT2D eigenvalue weighted by atomic mass is 10.2. The van der Waals surface area contributed by atoms with Crippen LogP contribution < -0.4 is 10.2 Å². The fourth-order valence-corrected chi connectivity index (χ4v) is 3.93. The number of amides is 1. The second-order valence-corrected chi connectivity index (χ2v) is 8.05. The van der Waals surface area contributed by atoms with Crippen LogP contribution in [0.1, 0.15) is 17.3 Å². The van der Waals surface area contributed by atoms with Crippen LogP contribution in [0, 0.1) is 11.6 Å². The van der Waals surface area contributed by atoms with E-state index in [-0.39, 0.29) is 6.54 Å². The van der Waals surface area contributed by atoms with Crippen LogP contribution in [-0.4, -0.2) is 64.3 Å². The van der Waals surface area contributed by atoms with Gasteiger partial charge < -0.3 is 15.0 Å². The van der Waals surface area contributed by atoms with Crippen molar-refractivity contribution in [2.24, 2.45) is 0 Å². The SMILES string of the molecule is CCSc1nc(N2CCOCC2)c2cnn(CCNC(=O)c3c(F)cccc3F)c2n1. The van der Waals surface area contributed by atoms with Gasteiger partial charge in [-0.1, -0.05) is 24.8 Å². The van der Waals surface area contributed by atoms with Gasteiger partial charge in [-0.3, -0.25) is 4.79 Å². The molecule has 0 aliphatic carbocycles. The molecule has 4 rings (SSSR count). The van der Waals surface area contributed by atoms with Crippen molar-refractivity contribution in [3.63, 3.8) is 0 Å². The van der Waals surface area contributed by atoms with Crippen LogP contribution in [-0.2, 0) is 11.3 Å². The molecule has 1 aliphatic rings. The van der Waals surface area contributed by atoms with Gasteiger partial charge in [0.1, 0.15) is 23.0 Å². The molecule has 0 atom stereocenters. The Morgan fingerprint density at radius 3 is 2.68 bits per heavy atom. The van der Waals surface area contributed by atoms with Crippen molar-refractivity contribution in [1.82, 2.24) is 25.1 Å². The van der Waals surface area contributed by atoms with E-state index in [9.17, 15) is 13.6 Å². The third-order valence-corrected chi connectivity index (χ3v) is 5.57. The van der Waals surface area contributed by atoms with E-state index in [1.165, 1.54) is 17.8 Å². The summed E-state index contributed by atoms with van der Waals surface area (Å²) in [6.07, 6.45) is 1.71. The minimum Gasteiger partial charge on any atom is -0.378 e. The smallest absolute Gasteiger partial charge is 0.257 e. The van der Waals surface area contributed by atoms with E-state index in [1.807, 2.05) is 6.92 Å². The summed E-state index contributed by atoms with van der Waals surface area (Å²) in [6.45, 7) is 5.19. The van der Waals surface area contributed by atoms with E-state index < -0.39 is 23.1 Å². The first-order valence-corrected chi connectivity index (χ1v) is 11.0. The molecule has 0 unspecified atom stereocenters. The fourth-order valence-electron chi connectivity index (χ4n) is 3.37. The van der Waals surface area contributed by atoms with Gasteiger partial charge in [0.2, 0.25) is 0 Å². The number of carbonyl (C=O) groups excluding carboxylic acids is 1. The Balaban J connectivity index is 1.54. The van der Waals surface area contributed by atoms with Crippen LogP contribution in [0.5, 0.6) is 0 Å². The van der Waals surface area contributed by atoms with Crippen molar-refractivity contribution >= 4 is 34.5 Å². The number of fused-ring (bicyclic) bond motifs is 1. The lowest BCUT2D eigenvalue weighted by molar-refractivity contribution is 0.0943. The molecule has 1 aliphatic heterocycles. The Hall–Kier alpha value is -2.79. The molecule has 0 radical (unpaired) electrons. The third-order valence-electron chi connectivity index (χ3n) is 4.84. The van der Waals surface area contributed by atoms with Crippen molar-refractivity contribution < 1.29 is 18.3 Å². The number of benzene rings is 1. The van der Waals surface area contributed by atoms with Crippen molar-refractivity contribution in [3.05, 3.63) is 41.6 Å². The highest BCUT2D eigenvalue weighted by Crippen LogP contribution is 2.27. The van der Waals surface area contributed by atoms with Crippen LogP contribution in [0.3, 0.4) is 0 Å². The summed E-state index contributed by atoms with van der Waals surface area (Å²) in [5.41, 5.74) is 0.0603. The third kappa shape index (κ3) is 4.62. The molecule has 0 bridgehead atoms. The standard InChI is InChI=1S/C20H22F2N6O2S/c1-2-31-20-25-17(27-8-10-30-11-9-27)13-12-24-28(18(13)26-20)7-6-23-19(29)16-14(21)4-3-5-15(16)22/h3-5,12H,2,6-11H2,1H3,(H,23,29). The Labute approximate surface area is 182 Å². The first-order valence-electron chi connectivity index (χ1n) is 9.99. The van der Waals surface area contributed by atoms with E-state index in [4.69, 9.17) is 9.72 Å². The van der Waals surface area contributed by atoms with Crippen LogP contribution in [0.15, 0.2) is 29.6 Å². The van der Waals surface area contributed by atoms with Crippen LogP contribution >= 0.6 is 11.8 Å². The summed E-state index contributed by atoms with van der Waals surface area (Å²) < 4.78 is 34.7. The number of halogens is 2. The van der Waals surface area contributed by atoms with Crippen molar-refractivity contribution in [1.29, 1.82) is 0 Å². The summed E-state index contributed by atoms with van der Waals surface area (Å²) in [5, 5.41) is 8.41. The molecule has 0 spiro atoms. The number of nitrogens with one attached hydrogen (secondary N) is 1. The Morgan fingerprint density at radius 1 is 1.23 bits per heavy atom. The summed E-state index contributed by atoms with van der Waals surface area (Å²) in [4.78, 5) is 23.7. The van der Waals surface area contributed by atoms with Gasteiger partial charge >= 0.3 is 0 Å². The monoisotopic (exact) mass is 448 g/mol. The van der Waals surface area contributed by atoms with Gasteiger partial charge in [0.15, 0.2) is 10.8 Å². The number of ether oxygens (including phenoxy) is 1. The number of morpholine rings is 1. The predicted molar refractivity (Wildman–Crippen MR) is 113 cm³/mol. The number of nitrogens with zero attached hydrogens (tertiary/aromatic N) is 5. The summed E-state index contributed by atoms with van der Waals surface area (Å²) in [7, 11) is 0. The molecule has 164 valence electrons. The molecule has 31 heavy (non-hydrogen) atoms. The van der Waals surface area contributed by atoms with Gasteiger partial charge in [-0.2, -0.15) is 5.10 Å². The molecule has 8 nitrogen and oxygen atoms in total. The van der Waals surface area contributed by atoms with E-state index in [0.717, 1.165) is 42.2 Å². The number of anilines is 1. The van der Waals surface area contributed by atoms with Crippen molar-refractivity contribution in [2.75, 3.05) is 43.5 Å². The van der Waals surface area contributed by atoms with Crippen molar-refractivity contribution in [3.8, 4) is 0 Å². The molecule has 1 N–H and O–H groups in total. The molecular weight excluding hydrogens is 426 g/mol. The first-order chi connectivity index (χ1) is 15.1. The number of rotatable bonds is 7. The molecule has 3 heterocycles. The molecule has 0 saturated carbocycles. The molecule has 1 aromatic carbocycles. The number of thioether (sulfide) groups is 1. The van der Waals surface area contributed by atoms with Gasteiger partial charge in [0.05, 0.1) is 31.3 Å². The Kier molecular flexibility index (Phi) is 6.62. The molecule has 3 aromatic rings. The highest BCUT2D eigenvalue weighted by atomic mass is 32.2. The van der Waals surface area contributed by atoms with Crippen LogP contribution in [0.2, 0.25) is 0 Å². The van der Waals surface area contributed by atoms with Gasteiger partial charge in [-0.25, -0.2) is 23.4 Å². The Bertz CT molecular complexity index is 1070. The average Bonchev–Trinajstić information content (AvgIpc) is 3.17. The first kappa shape index (κ1) is 21.4. The van der Waals surface area contributed by atoms with E-state index in [0.29, 0.717) is 30.6 Å². The van der Waals surface area contributed by atoms with E-state index in [1.54, 1.807) is 10.9 Å². The fraction of sp³-hybridized carbons (Fsp3) is 0.400. The normalized spacial score (nSPS) is 14.2. The van der Waals surface area contributed by atoms with Gasteiger partial charge in [-0.15, -0.1) is 0 Å². The molecule has 1 saturated heterocycles. The molecule has 11 heteroatoms. The highest BCUT2D eigenvalue weighted by Gasteiger charge is 2.21. The molecule has 2 aromatic heterocycles. The molecule has 1 amide bonds. The van der Waals surface area contributed by atoms with Crippen LogP contribution in [0.25, 0.3) is 11.0 Å². The lowest BCUT2D eigenvalue weighted by Gasteiger charge is -2.28. The molecular formula is C20H22F2N6O2S. The zero-order valence-corrected chi connectivity index (χ0v) is 17.8. The maximum absolute atomic E-state index is 13.8. The quantitative estimate of drug-likeness (QED) is 0.439. The summed E-state index contributed by atoms with van der Waals surface area (Å²) in [6, 6.07) is 3.32. The summed E-state index contributed by atoms with van der Waals surface area (Å²) >= 11 is 1.54. The van der Waals surface area contributed by atoms with E-state index >= 15 is 0 Å². The topological polar surface area (TPSA) is 85.2 Å². The lowest BCUT2D eigenvalue weighted by Crippen LogP contribution is -2.37. The number of hydrogen-bond donors (Lipinski definition) is 1. The zero-order chi connectivity index (χ0) is 21.8. The number of carbonyl (C=O) groups is 1. The second-order valence-electron chi connectivity index (χ2n) is 6.82. The van der Waals surface area contributed by atoms with Crippen molar-refractivity contribution in [2.45, 2.75) is 18.6 Å². The van der Waals surface area contributed by atoms with E-state index in [2.05, 4.69) is 20.3 Å². The minimum absolute atomic E-state index is 0.135. The second kappa shape index (κ2) is 9.56. The maximum Gasteiger partial charge on any atom is 0.257 e. The van der Waals surface area contributed by atoms with Gasteiger partial charge in [-0.05, 0) is 17.9 Å². The van der Waals surface area contributed by atoms with Gasteiger partial charge in [0, 0.05) is 19.6 Å². The zero-order valence-electron chi connectivity index (χ0n) is 17.0. The predicted octanol–water partition coefficient (Wildman–Crippen LogP) is 2.48. The largest absolute Gasteiger partial charge is 0.378 e. The average molecular weight is 448 g/mol. The number of aromatic nitrogens is 4. The minimum atomic E-state index is -0.897. The molecule has 1 fully saturated rings. The summed E-state index contributed by atoms with van der Waals surface area (Å²) in [5.74, 6) is -0.963. The maximum atomic E-state index is 13.8. The highest BCUT2D eigenvalue weighted by molar-refractivity contribution is 7.99. The van der Waals surface area contributed by atoms with Crippen LogP contribution in [0.4, 0.5) is 14.6 Å². The Morgan fingerprint density at radius 2 is 1.97 bits per heavy atom. The number of hydrogen-bond acceptors (Lipinski definition) is 7.